The third-order valence-corrected chi connectivity index (χ3v) is 6.51. The van der Waals surface area contributed by atoms with Gasteiger partial charge in [-0.3, -0.25) is 4.79 Å². The van der Waals surface area contributed by atoms with Crippen LogP contribution in [0.3, 0.4) is 0 Å². The number of rotatable bonds is 4. The molecule has 2 aromatic heterocycles. The van der Waals surface area contributed by atoms with Crippen molar-refractivity contribution in [3.63, 3.8) is 0 Å². The first-order valence-electron chi connectivity index (χ1n) is 9.15. The van der Waals surface area contributed by atoms with Crippen molar-refractivity contribution in [3.05, 3.63) is 29.0 Å². The first-order valence-corrected chi connectivity index (χ1v) is 10.0. The molecule has 0 radical (unpaired) electrons. The smallest absolute Gasteiger partial charge is 0.236 e. The molecule has 27 heavy (non-hydrogen) atoms. The highest BCUT2D eigenvalue weighted by atomic mass is 35.5. The summed E-state index contributed by atoms with van der Waals surface area (Å²) in [5, 5.41) is 5.28. The Morgan fingerprint density at radius 1 is 1.33 bits per heavy atom. The number of nitrogens with one attached hydrogen (secondary N) is 1. The van der Waals surface area contributed by atoms with Crippen LogP contribution in [0.5, 0.6) is 0 Å². The molecular formula is C19H27Cl2N3O2S. The molecule has 2 aliphatic rings. The van der Waals surface area contributed by atoms with Gasteiger partial charge in [0.2, 0.25) is 11.8 Å². The molecule has 1 amide bonds. The summed E-state index contributed by atoms with van der Waals surface area (Å²) < 4.78 is 5.74. The predicted molar refractivity (Wildman–Crippen MR) is 113 cm³/mol. The highest BCUT2D eigenvalue weighted by Crippen LogP contribution is 2.39. The summed E-state index contributed by atoms with van der Waals surface area (Å²) in [5.74, 6) is 2.45. The highest BCUT2D eigenvalue weighted by Gasteiger charge is 2.39. The predicted octanol–water partition coefficient (Wildman–Crippen LogP) is 4.12. The van der Waals surface area contributed by atoms with Crippen LogP contribution < -0.4 is 11.1 Å². The van der Waals surface area contributed by atoms with Gasteiger partial charge in [-0.2, -0.15) is 0 Å². The molecule has 2 heterocycles. The minimum atomic E-state index is 0. The monoisotopic (exact) mass is 431 g/mol. The molecule has 3 N–H and O–H groups in total. The van der Waals surface area contributed by atoms with Crippen LogP contribution in [0.25, 0.3) is 10.8 Å². The first-order chi connectivity index (χ1) is 12.1. The lowest BCUT2D eigenvalue weighted by Gasteiger charge is -2.45. The number of nitrogens with two attached hydrogens (primary N) is 1. The average Bonchev–Trinajstić information content (AvgIpc) is 3.19. The van der Waals surface area contributed by atoms with Crippen LogP contribution in [-0.2, 0) is 11.2 Å². The van der Waals surface area contributed by atoms with E-state index in [-0.39, 0.29) is 43.2 Å². The van der Waals surface area contributed by atoms with Gasteiger partial charge in [0, 0.05) is 12.1 Å². The quantitative estimate of drug-likeness (QED) is 0.762. The van der Waals surface area contributed by atoms with Crippen LogP contribution in [0.2, 0.25) is 0 Å². The lowest BCUT2D eigenvalue weighted by Crippen LogP contribution is -2.54. The van der Waals surface area contributed by atoms with Crippen LogP contribution >= 0.6 is 36.2 Å². The van der Waals surface area contributed by atoms with Gasteiger partial charge in [-0.25, -0.2) is 4.98 Å². The van der Waals surface area contributed by atoms with Gasteiger partial charge in [0.25, 0.3) is 0 Å². The molecule has 2 atom stereocenters. The summed E-state index contributed by atoms with van der Waals surface area (Å²) in [4.78, 5) is 18.1. The van der Waals surface area contributed by atoms with Crippen molar-refractivity contribution in [1.29, 1.82) is 0 Å². The van der Waals surface area contributed by atoms with Crippen molar-refractivity contribution in [1.82, 2.24) is 10.3 Å². The third kappa shape index (κ3) is 4.86. The number of aryl methyl sites for hydroxylation is 1. The third-order valence-electron chi connectivity index (χ3n) is 5.66. The fraction of sp³-hybridized carbons (Fsp3) is 0.579. The highest BCUT2D eigenvalue weighted by molar-refractivity contribution is 7.13. The number of halogens is 2. The molecule has 2 bridgehead atoms. The van der Waals surface area contributed by atoms with Crippen molar-refractivity contribution in [2.45, 2.75) is 57.5 Å². The van der Waals surface area contributed by atoms with Crippen LogP contribution in [-0.4, -0.2) is 23.0 Å². The van der Waals surface area contributed by atoms with E-state index in [9.17, 15) is 4.79 Å². The Morgan fingerprint density at radius 3 is 2.67 bits per heavy atom. The van der Waals surface area contributed by atoms with Gasteiger partial charge in [0.05, 0.1) is 17.0 Å². The van der Waals surface area contributed by atoms with E-state index in [1.54, 1.807) is 11.3 Å². The normalized spacial score (nSPS) is 26.6. The van der Waals surface area contributed by atoms with E-state index < -0.39 is 0 Å². The molecule has 150 valence electrons. The summed E-state index contributed by atoms with van der Waals surface area (Å²) in [5.41, 5.74) is 6.91. The molecule has 0 saturated heterocycles. The van der Waals surface area contributed by atoms with E-state index in [2.05, 4.69) is 10.3 Å². The van der Waals surface area contributed by atoms with E-state index in [4.69, 9.17) is 10.2 Å². The number of oxazole rings is 1. The van der Waals surface area contributed by atoms with Gasteiger partial charge in [0.1, 0.15) is 5.76 Å². The van der Waals surface area contributed by atoms with E-state index >= 15 is 0 Å². The van der Waals surface area contributed by atoms with Crippen molar-refractivity contribution >= 4 is 42.1 Å². The number of aromatic nitrogens is 1. The second-order valence-electron chi connectivity index (χ2n) is 7.45. The number of nitrogens with zero attached hydrogens (tertiary/aromatic N) is 1. The molecule has 0 aromatic carbocycles. The van der Waals surface area contributed by atoms with Gasteiger partial charge in [-0.05, 0) is 55.9 Å². The maximum absolute atomic E-state index is 12.6. The average molecular weight is 432 g/mol. The van der Waals surface area contributed by atoms with Crippen LogP contribution in [0.15, 0.2) is 21.9 Å². The Bertz CT molecular complexity index is 736. The molecule has 2 fully saturated rings. The zero-order chi connectivity index (χ0) is 17.4. The zero-order valence-electron chi connectivity index (χ0n) is 15.3. The molecule has 0 spiro atoms. The van der Waals surface area contributed by atoms with Gasteiger partial charge in [0.15, 0.2) is 0 Å². The molecule has 4 rings (SSSR count). The maximum atomic E-state index is 12.6. The molecule has 2 saturated carbocycles. The number of fused-ring (bicyclic) bond motifs is 2. The minimum Gasteiger partial charge on any atom is -0.440 e. The van der Waals surface area contributed by atoms with Crippen molar-refractivity contribution < 1.29 is 9.21 Å². The van der Waals surface area contributed by atoms with Crippen molar-refractivity contribution in [3.8, 4) is 10.8 Å². The molecule has 5 nitrogen and oxygen atoms in total. The first kappa shape index (κ1) is 22.2. The summed E-state index contributed by atoms with van der Waals surface area (Å²) in [6.07, 6.45) is 5.98. The minimum absolute atomic E-state index is 0. The van der Waals surface area contributed by atoms with E-state index in [0.29, 0.717) is 23.8 Å². The number of hydrogen-bond acceptors (Lipinski definition) is 5. The fourth-order valence-electron chi connectivity index (χ4n) is 4.51. The Hall–Kier alpha value is -1.08. The molecule has 8 heteroatoms. The zero-order valence-corrected chi connectivity index (χ0v) is 17.8. The summed E-state index contributed by atoms with van der Waals surface area (Å²) in [6, 6.07) is 4.53. The molecular weight excluding hydrogens is 405 g/mol. The van der Waals surface area contributed by atoms with Gasteiger partial charge in [-0.15, -0.1) is 36.2 Å². The number of carbonyl (C=O) groups is 1. The van der Waals surface area contributed by atoms with Gasteiger partial charge < -0.3 is 15.5 Å². The SMILES string of the molecule is Cc1oc(-c2cccs2)nc1CC(=O)NC1C2CCCC1CC(N)C2.Cl.Cl. The standard InChI is InChI=1S/C19H25N3O2S.2ClH/c1-11-15(21-19(24-11)16-6-3-7-25-16)10-17(23)22-18-12-4-2-5-13(18)9-14(20)8-12;;/h3,6-7,12-14,18H,2,4-5,8-10,20H2,1H3,(H,22,23);2*1H. The maximum Gasteiger partial charge on any atom is 0.236 e. The second-order valence-corrected chi connectivity index (χ2v) is 8.40. The van der Waals surface area contributed by atoms with Gasteiger partial charge >= 0.3 is 0 Å². The van der Waals surface area contributed by atoms with Crippen molar-refractivity contribution in [2.75, 3.05) is 0 Å². The van der Waals surface area contributed by atoms with Crippen LogP contribution in [0.4, 0.5) is 0 Å². The number of carbonyl (C=O) groups excluding carboxylic acids is 1. The van der Waals surface area contributed by atoms with Crippen LogP contribution in [0, 0.1) is 18.8 Å². The lowest BCUT2D eigenvalue weighted by molar-refractivity contribution is -0.122. The summed E-state index contributed by atoms with van der Waals surface area (Å²) >= 11 is 1.59. The number of hydrogen-bond donors (Lipinski definition) is 2. The Morgan fingerprint density at radius 2 is 2.04 bits per heavy atom. The number of amides is 1. The summed E-state index contributed by atoms with van der Waals surface area (Å²) in [6.45, 7) is 1.88. The Kier molecular flexibility index (Phi) is 7.74. The lowest BCUT2D eigenvalue weighted by atomic mass is 9.67. The second kappa shape index (κ2) is 9.41. The molecule has 2 aromatic rings. The topological polar surface area (TPSA) is 81.2 Å². The molecule has 2 aliphatic carbocycles. The van der Waals surface area contributed by atoms with E-state index in [1.165, 1.54) is 19.3 Å². The number of thiophene rings is 1. The Balaban J connectivity index is 0.00000131. The summed E-state index contributed by atoms with van der Waals surface area (Å²) in [7, 11) is 0. The fourth-order valence-corrected chi connectivity index (χ4v) is 5.16. The largest absolute Gasteiger partial charge is 0.440 e. The molecule has 0 aliphatic heterocycles. The van der Waals surface area contributed by atoms with E-state index in [1.807, 2.05) is 24.4 Å². The van der Waals surface area contributed by atoms with Gasteiger partial charge in [-0.1, -0.05) is 12.5 Å². The van der Waals surface area contributed by atoms with Crippen LogP contribution in [0.1, 0.15) is 43.6 Å². The van der Waals surface area contributed by atoms with E-state index in [0.717, 1.165) is 29.2 Å². The molecule has 2 unspecified atom stereocenters. The van der Waals surface area contributed by atoms with Crippen molar-refractivity contribution in [2.24, 2.45) is 17.6 Å². The Labute approximate surface area is 176 Å².